The summed E-state index contributed by atoms with van der Waals surface area (Å²) in [4.78, 5) is 0. The van der Waals surface area contributed by atoms with Gasteiger partial charge in [0.15, 0.2) is 0 Å². The van der Waals surface area contributed by atoms with Crippen LogP contribution in [0.4, 0.5) is 0 Å². The lowest BCUT2D eigenvalue weighted by molar-refractivity contribution is 0.322. The molecule has 0 spiro atoms. The molecule has 0 amide bonds. The molecule has 1 aromatic rings. The van der Waals surface area contributed by atoms with E-state index >= 15 is 0 Å². The molecule has 4 nitrogen and oxygen atoms in total. The first-order chi connectivity index (χ1) is 5.77. The van der Waals surface area contributed by atoms with Crippen LogP contribution in [0.15, 0.2) is 11.4 Å². The summed E-state index contributed by atoms with van der Waals surface area (Å²) in [7, 11) is 0. The molecule has 0 bridgehead atoms. The van der Waals surface area contributed by atoms with Crippen LogP contribution < -0.4 is 0 Å². The van der Waals surface area contributed by atoms with Crippen LogP contribution >= 0.6 is 0 Å². The summed E-state index contributed by atoms with van der Waals surface area (Å²) < 4.78 is 1.85. The number of aromatic nitrogens is 2. The summed E-state index contributed by atoms with van der Waals surface area (Å²) in [5, 5.41) is 15.5. The largest absolute Gasteiger partial charge is 0.411 e. The van der Waals surface area contributed by atoms with Crippen molar-refractivity contribution in [3.63, 3.8) is 0 Å². The van der Waals surface area contributed by atoms with Gasteiger partial charge in [-0.2, -0.15) is 5.10 Å². The summed E-state index contributed by atoms with van der Waals surface area (Å²) in [6, 6.07) is 0. The van der Waals surface area contributed by atoms with Crippen molar-refractivity contribution in [2.24, 2.45) is 5.16 Å². The maximum atomic E-state index is 8.32. The van der Waals surface area contributed by atoms with Gasteiger partial charge in [-0.1, -0.05) is 12.1 Å². The van der Waals surface area contributed by atoms with E-state index in [1.165, 1.54) is 6.21 Å². The normalized spacial score (nSPS) is 11.2. The second-order valence-electron chi connectivity index (χ2n) is 2.68. The van der Waals surface area contributed by atoms with Gasteiger partial charge in [0.25, 0.3) is 0 Å². The van der Waals surface area contributed by atoms with Crippen molar-refractivity contribution >= 4 is 6.21 Å². The molecule has 1 rings (SSSR count). The fraction of sp³-hybridized carbons (Fsp3) is 0.500. The molecule has 0 unspecified atom stereocenters. The number of aryl methyl sites for hydroxylation is 2. The zero-order chi connectivity index (χ0) is 8.97. The van der Waals surface area contributed by atoms with E-state index in [1.807, 2.05) is 17.8 Å². The number of hydrogen-bond acceptors (Lipinski definition) is 3. The van der Waals surface area contributed by atoms with Gasteiger partial charge in [0.1, 0.15) is 0 Å². The van der Waals surface area contributed by atoms with Crippen molar-refractivity contribution < 1.29 is 5.21 Å². The van der Waals surface area contributed by atoms with Gasteiger partial charge in [-0.25, -0.2) is 0 Å². The van der Waals surface area contributed by atoms with Gasteiger partial charge in [-0.15, -0.1) is 0 Å². The van der Waals surface area contributed by atoms with E-state index in [9.17, 15) is 0 Å². The van der Waals surface area contributed by atoms with Crippen LogP contribution in [-0.2, 0) is 6.54 Å². The average Bonchev–Trinajstić information content (AvgIpc) is 2.34. The third kappa shape index (κ3) is 1.84. The lowest BCUT2D eigenvalue weighted by Gasteiger charge is -1.93. The molecule has 1 aromatic heterocycles. The van der Waals surface area contributed by atoms with Crippen LogP contribution in [0.25, 0.3) is 0 Å². The summed E-state index contributed by atoms with van der Waals surface area (Å²) >= 11 is 0. The molecule has 0 radical (unpaired) electrons. The molecule has 0 aliphatic carbocycles. The molecule has 66 valence electrons. The highest BCUT2D eigenvalue weighted by Crippen LogP contribution is 2.02. The van der Waals surface area contributed by atoms with E-state index < -0.39 is 0 Å². The van der Waals surface area contributed by atoms with Gasteiger partial charge >= 0.3 is 0 Å². The first-order valence-corrected chi connectivity index (χ1v) is 3.99. The summed E-state index contributed by atoms with van der Waals surface area (Å²) in [5.74, 6) is 0. The van der Waals surface area contributed by atoms with E-state index in [0.717, 1.165) is 24.2 Å². The second kappa shape index (κ2) is 3.90. The number of nitrogens with zero attached hydrogens (tertiary/aromatic N) is 3. The smallest absolute Gasteiger partial charge is 0.0768 e. The van der Waals surface area contributed by atoms with Gasteiger partial charge in [-0.05, 0) is 13.3 Å². The van der Waals surface area contributed by atoms with Crippen LogP contribution in [0.5, 0.6) is 0 Å². The molecule has 1 heterocycles. The highest BCUT2D eigenvalue weighted by Gasteiger charge is 2.00. The lowest BCUT2D eigenvalue weighted by Crippen LogP contribution is -1.96. The molecule has 12 heavy (non-hydrogen) atoms. The molecule has 0 saturated carbocycles. The maximum Gasteiger partial charge on any atom is 0.0768 e. The van der Waals surface area contributed by atoms with E-state index in [0.29, 0.717) is 0 Å². The number of rotatable bonds is 3. The molecule has 0 aliphatic heterocycles. The van der Waals surface area contributed by atoms with Gasteiger partial charge in [0, 0.05) is 18.3 Å². The molecule has 0 atom stereocenters. The maximum absolute atomic E-state index is 8.32. The van der Waals surface area contributed by atoms with E-state index in [2.05, 4.69) is 17.2 Å². The highest BCUT2D eigenvalue weighted by molar-refractivity contribution is 5.79. The molecule has 4 heteroatoms. The zero-order valence-corrected chi connectivity index (χ0v) is 7.36. The fourth-order valence-electron chi connectivity index (χ4n) is 1.07. The fourth-order valence-corrected chi connectivity index (χ4v) is 1.07. The summed E-state index contributed by atoms with van der Waals surface area (Å²) in [5.41, 5.74) is 1.76. The number of oxime groups is 1. The standard InChI is InChI=1S/C8H13N3O/c1-3-4-11-6-8(5-9-12)7(2)10-11/h5-6,12H,3-4H2,1-2H3/b9-5+. The molecular weight excluding hydrogens is 154 g/mol. The third-order valence-electron chi connectivity index (χ3n) is 1.63. The van der Waals surface area contributed by atoms with Crippen LogP contribution in [-0.4, -0.2) is 21.2 Å². The predicted octanol–water partition coefficient (Wildman–Crippen LogP) is 1.41. The van der Waals surface area contributed by atoms with Crippen molar-refractivity contribution in [2.45, 2.75) is 26.8 Å². The molecule has 0 aromatic carbocycles. The van der Waals surface area contributed by atoms with E-state index in [-0.39, 0.29) is 0 Å². The highest BCUT2D eigenvalue weighted by atomic mass is 16.4. The van der Waals surface area contributed by atoms with Gasteiger partial charge in [0.2, 0.25) is 0 Å². The van der Waals surface area contributed by atoms with Crippen molar-refractivity contribution in [1.29, 1.82) is 0 Å². The van der Waals surface area contributed by atoms with Crippen LogP contribution in [0.2, 0.25) is 0 Å². The second-order valence-corrected chi connectivity index (χ2v) is 2.68. The Morgan fingerprint density at radius 3 is 3.08 bits per heavy atom. The Hall–Kier alpha value is -1.32. The monoisotopic (exact) mass is 167 g/mol. The molecule has 0 aliphatic rings. The quantitative estimate of drug-likeness (QED) is 0.420. The molecule has 1 N–H and O–H groups in total. The minimum absolute atomic E-state index is 0.867. The van der Waals surface area contributed by atoms with Crippen LogP contribution in [0, 0.1) is 6.92 Å². The SMILES string of the molecule is CCCn1cc(/C=N/O)c(C)n1. The Morgan fingerprint density at radius 1 is 1.75 bits per heavy atom. The first kappa shape index (κ1) is 8.77. The van der Waals surface area contributed by atoms with Crippen molar-refractivity contribution in [1.82, 2.24) is 9.78 Å². The summed E-state index contributed by atoms with van der Waals surface area (Å²) in [6.07, 6.45) is 4.32. The molecular formula is C8H13N3O. The Balaban J connectivity index is 2.84. The third-order valence-corrected chi connectivity index (χ3v) is 1.63. The average molecular weight is 167 g/mol. The Kier molecular flexibility index (Phi) is 2.85. The first-order valence-electron chi connectivity index (χ1n) is 3.99. The Bertz CT molecular complexity index is 278. The van der Waals surface area contributed by atoms with Gasteiger partial charge in [-0.3, -0.25) is 4.68 Å². The zero-order valence-electron chi connectivity index (χ0n) is 7.36. The topological polar surface area (TPSA) is 50.4 Å². The summed E-state index contributed by atoms with van der Waals surface area (Å²) in [6.45, 7) is 4.89. The van der Waals surface area contributed by atoms with Crippen molar-refractivity contribution in [2.75, 3.05) is 0 Å². The molecule has 0 saturated heterocycles. The van der Waals surface area contributed by atoms with Gasteiger partial charge in [0.05, 0.1) is 11.9 Å². The van der Waals surface area contributed by atoms with Crippen molar-refractivity contribution in [3.05, 3.63) is 17.5 Å². The van der Waals surface area contributed by atoms with E-state index in [4.69, 9.17) is 5.21 Å². The molecule has 0 fully saturated rings. The van der Waals surface area contributed by atoms with Gasteiger partial charge < -0.3 is 5.21 Å². The van der Waals surface area contributed by atoms with E-state index in [1.54, 1.807) is 0 Å². The minimum Gasteiger partial charge on any atom is -0.411 e. The number of hydrogen-bond donors (Lipinski definition) is 1. The van der Waals surface area contributed by atoms with Crippen LogP contribution in [0.3, 0.4) is 0 Å². The Morgan fingerprint density at radius 2 is 2.50 bits per heavy atom. The van der Waals surface area contributed by atoms with Crippen molar-refractivity contribution in [3.8, 4) is 0 Å². The minimum atomic E-state index is 0.867. The predicted molar refractivity (Wildman–Crippen MR) is 46.6 cm³/mol. The Labute approximate surface area is 71.5 Å². The lowest BCUT2D eigenvalue weighted by atomic mass is 10.3. The van der Waals surface area contributed by atoms with Crippen LogP contribution in [0.1, 0.15) is 24.6 Å².